The van der Waals surface area contributed by atoms with E-state index in [2.05, 4.69) is 15.6 Å². The number of benzene rings is 2. The zero-order valence-electron chi connectivity index (χ0n) is 16.7. The van der Waals surface area contributed by atoms with Crippen molar-refractivity contribution in [3.63, 3.8) is 0 Å². The summed E-state index contributed by atoms with van der Waals surface area (Å²) in [5.41, 5.74) is 2.30. The summed E-state index contributed by atoms with van der Waals surface area (Å²) in [6, 6.07) is 16.8. The van der Waals surface area contributed by atoms with Crippen LogP contribution in [0.3, 0.4) is 0 Å². The first kappa shape index (κ1) is 20.3. The van der Waals surface area contributed by atoms with E-state index in [1.54, 1.807) is 18.3 Å². The van der Waals surface area contributed by atoms with E-state index in [-0.39, 0.29) is 17.7 Å². The van der Waals surface area contributed by atoms with Crippen LogP contribution in [0, 0.1) is 5.92 Å². The maximum atomic E-state index is 13.0. The van der Waals surface area contributed by atoms with Crippen LogP contribution in [0.1, 0.15) is 53.9 Å². The van der Waals surface area contributed by atoms with E-state index in [1.165, 1.54) is 37.0 Å². The molecule has 1 saturated carbocycles. The molecular formula is C24H25N3O2S. The van der Waals surface area contributed by atoms with Crippen molar-refractivity contribution in [2.45, 2.75) is 38.0 Å². The molecule has 0 bridgehead atoms. The zero-order chi connectivity index (χ0) is 20.8. The lowest BCUT2D eigenvalue weighted by atomic mass is 9.87. The summed E-state index contributed by atoms with van der Waals surface area (Å²) in [6.07, 6.45) is 7.40. The Bertz CT molecular complexity index is 965. The van der Waals surface area contributed by atoms with Gasteiger partial charge in [0.2, 0.25) is 5.91 Å². The monoisotopic (exact) mass is 419 g/mol. The highest BCUT2D eigenvalue weighted by atomic mass is 32.1. The molecule has 1 aliphatic carbocycles. The van der Waals surface area contributed by atoms with Gasteiger partial charge in [0.05, 0.1) is 5.92 Å². The fourth-order valence-corrected chi connectivity index (χ4v) is 4.57. The van der Waals surface area contributed by atoms with Gasteiger partial charge in [-0.2, -0.15) is 0 Å². The second kappa shape index (κ2) is 9.67. The molecule has 154 valence electrons. The third-order valence-electron chi connectivity index (χ3n) is 5.63. The topological polar surface area (TPSA) is 71.1 Å². The largest absolute Gasteiger partial charge is 0.322 e. The smallest absolute Gasteiger partial charge is 0.255 e. The molecule has 0 radical (unpaired) electrons. The highest BCUT2D eigenvalue weighted by Gasteiger charge is 2.27. The van der Waals surface area contributed by atoms with Crippen molar-refractivity contribution in [1.29, 1.82) is 0 Å². The van der Waals surface area contributed by atoms with Gasteiger partial charge in [0.15, 0.2) is 5.13 Å². The highest BCUT2D eigenvalue weighted by molar-refractivity contribution is 7.13. The van der Waals surface area contributed by atoms with Crippen molar-refractivity contribution in [2.24, 2.45) is 5.92 Å². The number of thiazole rings is 1. The second-order valence-electron chi connectivity index (χ2n) is 7.71. The average Bonchev–Trinajstić information content (AvgIpc) is 3.47. The molecule has 4 rings (SSSR count). The van der Waals surface area contributed by atoms with Crippen LogP contribution in [0.15, 0.2) is 66.2 Å². The van der Waals surface area contributed by atoms with Crippen LogP contribution in [-0.2, 0) is 4.79 Å². The quantitative estimate of drug-likeness (QED) is 0.516. The highest BCUT2D eigenvalue weighted by Crippen LogP contribution is 2.35. The van der Waals surface area contributed by atoms with Gasteiger partial charge in [0, 0.05) is 22.8 Å². The third-order valence-corrected chi connectivity index (χ3v) is 6.32. The summed E-state index contributed by atoms with van der Waals surface area (Å²) in [5.74, 6) is 0.190. The van der Waals surface area contributed by atoms with E-state index < -0.39 is 0 Å². The lowest BCUT2D eigenvalue weighted by Crippen LogP contribution is -2.23. The number of amides is 2. The Balaban J connectivity index is 1.48. The lowest BCUT2D eigenvalue weighted by Gasteiger charge is -2.20. The maximum Gasteiger partial charge on any atom is 0.255 e. The Labute approximate surface area is 180 Å². The number of anilines is 2. The number of nitrogens with one attached hydrogen (secondary N) is 2. The standard InChI is InChI=1S/C24H25N3O2S/c28-22(19-8-2-1-3-9-19)26-20-12-10-18(11-13-20)21(16-17-6-4-5-7-17)23(29)27-24-25-14-15-30-24/h1-3,8-15,17,21H,4-7,16H2,(H,26,28)(H,25,27,29). The number of rotatable bonds is 7. The van der Waals surface area contributed by atoms with E-state index in [0.717, 1.165) is 12.0 Å². The van der Waals surface area contributed by atoms with Crippen molar-refractivity contribution in [3.05, 3.63) is 77.3 Å². The van der Waals surface area contributed by atoms with Crippen LogP contribution in [0.4, 0.5) is 10.8 Å². The molecule has 1 atom stereocenters. The molecule has 1 aliphatic rings. The Kier molecular flexibility index (Phi) is 6.54. The number of carbonyl (C=O) groups excluding carboxylic acids is 2. The summed E-state index contributed by atoms with van der Waals surface area (Å²) in [7, 11) is 0. The molecule has 0 aliphatic heterocycles. The number of nitrogens with zero attached hydrogens (tertiary/aromatic N) is 1. The van der Waals surface area contributed by atoms with Crippen LogP contribution >= 0.6 is 11.3 Å². The summed E-state index contributed by atoms with van der Waals surface area (Å²) in [5, 5.41) is 8.36. The third kappa shape index (κ3) is 5.13. The van der Waals surface area contributed by atoms with Crippen molar-refractivity contribution in [1.82, 2.24) is 4.98 Å². The fourth-order valence-electron chi connectivity index (χ4n) is 4.04. The maximum absolute atomic E-state index is 13.0. The van der Waals surface area contributed by atoms with Crippen LogP contribution in [0.5, 0.6) is 0 Å². The molecule has 2 N–H and O–H groups in total. The van der Waals surface area contributed by atoms with Crippen LogP contribution < -0.4 is 10.6 Å². The first-order valence-electron chi connectivity index (χ1n) is 10.4. The molecule has 1 fully saturated rings. The van der Waals surface area contributed by atoms with Gasteiger partial charge < -0.3 is 10.6 Å². The molecule has 5 nitrogen and oxygen atoms in total. The number of hydrogen-bond donors (Lipinski definition) is 2. The molecule has 30 heavy (non-hydrogen) atoms. The summed E-state index contributed by atoms with van der Waals surface area (Å²) < 4.78 is 0. The van der Waals surface area contributed by atoms with Crippen molar-refractivity contribution in [3.8, 4) is 0 Å². The fraction of sp³-hybridized carbons (Fsp3) is 0.292. The molecule has 1 heterocycles. The van der Waals surface area contributed by atoms with Gasteiger partial charge in [-0.1, -0.05) is 56.0 Å². The van der Waals surface area contributed by atoms with Crippen molar-refractivity contribution in [2.75, 3.05) is 10.6 Å². The predicted octanol–water partition coefficient (Wildman–Crippen LogP) is 5.70. The zero-order valence-corrected chi connectivity index (χ0v) is 17.5. The Hall–Kier alpha value is -2.99. The molecule has 2 amide bonds. The van der Waals surface area contributed by atoms with Gasteiger partial charge in [0.25, 0.3) is 5.91 Å². The van der Waals surface area contributed by atoms with Gasteiger partial charge in [-0.3, -0.25) is 9.59 Å². The van der Waals surface area contributed by atoms with Gasteiger partial charge >= 0.3 is 0 Å². The van der Waals surface area contributed by atoms with E-state index in [4.69, 9.17) is 0 Å². The average molecular weight is 420 g/mol. The van der Waals surface area contributed by atoms with E-state index in [9.17, 15) is 9.59 Å². The second-order valence-corrected chi connectivity index (χ2v) is 8.60. The van der Waals surface area contributed by atoms with Crippen molar-refractivity contribution >= 4 is 34.0 Å². The van der Waals surface area contributed by atoms with E-state index >= 15 is 0 Å². The van der Waals surface area contributed by atoms with Gasteiger partial charge in [-0.25, -0.2) is 4.98 Å². The molecule has 0 spiro atoms. The minimum atomic E-state index is -0.226. The first-order valence-corrected chi connectivity index (χ1v) is 11.2. The molecular weight excluding hydrogens is 394 g/mol. The minimum absolute atomic E-state index is 0.0158. The summed E-state index contributed by atoms with van der Waals surface area (Å²) in [6.45, 7) is 0. The first-order chi connectivity index (χ1) is 14.7. The minimum Gasteiger partial charge on any atom is -0.322 e. The van der Waals surface area contributed by atoms with E-state index in [1.807, 2.05) is 47.8 Å². The normalized spacial score (nSPS) is 14.9. The van der Waals surface area contributed by atoms with Crippen LogP contribution in [-0.4, -0.2) is 16.8 Å². The Morgan fingerprint density at radius 2 is 1.73 bits per heavy atom. The van der Waals surface area contributed by atoms with Gasteiger partial charge in [0.1, 0.15) is 0 Å². The number of carbonyl (C=O) groups is 2. The number of hydrogen-bond acceptors (Lipinski definition) is 4. The molecule has 0 saturated heterocycles. The Morgan fingerprint density at radius 3 is 2.40 bits per heavy atom. The molecule has 1 aromatic heterocycles. The SMILES string of the molecule is O=C(Nc1ccc(C(CC2CCCC2)C(=O)Nc2nccs2)cc1)c1ccccc1. The van der Waals surface area contributed by atoms with Gasteiger partial charge in [-0.05, 0) is 42.2 Å². The summed E-state index contributed by atoms with van der Waals surface area (Å²) in [4.78, 5) is 29.6. The van der Waals surface area contributed by atoms with E-state index in [0.29, 0.717) is 22.3 Å². The van der Waals surface area contributed by atoms with Gasteiger partial charge in [-0.15, -0.1) is 11.3 Å². The van der Waals surface area contributed by atoms with Crippen molar-refractivity contribution < 1.29 is 9.59 Å². The van der Waals surface area contributed by atoms with Crippen LogP contribution in [0.25, 0.3) is 0 Å². The lowest BCUT2D eigenvalue weighted by molar-refractivity contribution is -0.118. The molecule has 3 aromatic rings. The predicted molar refractivity (Wildman–Crippen MR) is 121 cm³/mol. The molecule has 1 unspecified atom stereocenters. The summed E-state index contributed by atoms with van der Waals surface area (Å²) >= 11 is 1.42. The van der Waals surface area contributed by atoms with Crippen LogP contribution in [0.2, 0.25) is 0 Å². The molecule has 2 aromatic carbocycles. The Morgan fingerprint density at radius 1 is 1.00 bits per heavy atom. The number of aromatic nitrogens is 1. The molecule has 6 heteroatoms.